The van der Waals surface area contributed by atoms with E-state index in [-0.39, 0.29) is 203 Å². The third-order valence-electron chi connectivity index (χ3n) is 0. The van der Waals surface area contributed by atoms with Gasteiger partial charge in [0.1, 0.15) is 0 Å². The molecule has 0 saturated carbocycles. The van der Waals surface area contributed by atoms with Crippen molar-refractivity contribution in [2.75, 3.05) is 0 Å². The minimum atomic E-state index is 0. The number of nitrogens with zero attached hydrogens (tertiary/aromatic N) is 12. The van der Waals surface area contributed by atoms with Crippen molar-refractivity contribution in [1.29, 1.82) is 0 Å². The van der Waals surface area contributed by atoms with Crippen LogP contribution in [0.5, 0.6) is 0 Å². The van der Waals surface area contributed by atoms with Crippen LogP contribution in [0.2, 0.25) is 0 Å². The Labute approximate surface area is 383 Å². The van der Waals surface area contributed by atoms with Gasteiger partial charge in [0.15, 0.2) is 0 Å². The molecule has 0 fully saturated rings. The molecule has 0 heterocycles. The largest absolute Gasteiger partial charge is 2.00 e. The van der Waals surface area contributed by atoms with Gasteiger partial charge in [-0.25, -0.2) is 0 Å². The first kappa shape index (κ1) is 142. The van der Waals surface area contributed by atoms with E-state index < -0.39 is 0 Å². The summed E-state index contributed by atoms with van der Waals surface area (Å²) < 4.78 is 0. The molecule has 0 aliphatic rings. The number of hydrogen-bond donors (Lipinski definition) is 0. The van der Waals surface area contributed by atoms with E-state index in [0.29, 0.717) is 0 Å². The molecule has 36 nitrogen and oxygen atoms in total. The molecule has 0 amide bonds. The van der Waals surface area contributed by atoms with E-state index in [1.807, 2.05) is 0 Å². The summed E-state index contributed by atoms with van der Waals surface area (Å²) in [6.45, 7) is 0. The number of hydrogen-bond acceptors (Lipinski definition) is 36. The molecule has 44 heteroatoms. The summed E-state index contributed by atoms with van der Waals surface area (Å²) in [6.07, 6.45) is 0. The molecule has 0 bridgehead atoms. The van der Waals surface area contributed by atoms with Crippen LogP contribution in [0.25, 0.3) is 0 Å². The fourth-order valence-electron chi connectivity index (χ4n) is 0. The van der Waals surface area contributed by atoms with Crippen LogP contribution >= 0.6 is 0 Å². The van der Waals surface area contributed by atoms with Crippen LogP contribution < -0.4 is 0 Å². The maximum Gasteiger partial charge on any atom is 2.00 e. The van der Waals surface area contributed by atoms with Crippen molar-refractivity contribution in [2.24, 2.45) is 64.1 Å². The van der Waals surface area contributed by atoms with Gasteiger partial charge in [-0.3, -0.25) is 0 Å². The second kappa shape index (κ2) is 550. The Balaban J connectivity index is -0.00000000780. The average molecular weight is 1790 g/mol. The second-order valence-corrected chi connectivity index (χ2v) is 0.894. The Morgan fingerprint density at radius 1 is 0.250 bits per heavy atom. The first-order chi connectivity index (χ1) is 17.0. The Morgan fingerprint density at radius 3 is 0.250 bits per heavy atom. The molecular formula is Cu2N12O24Tl5Y-6. The molecule has 0 aromatic heterocycles. The summed E-state index contributed by atoms with van der Waals surface area (Å²) in [4.78, 5) is 96.0. The van der Waals surface area contributed by atoms with Crippen LogP contribution in [-0.2, 0) is 66.8 Å². The summed E-state index contributed by atoms with van der Waals surface area (Å²) >= 11 is 0. The standard InChI is InChI=1S/2Cu.12HNO2.5Tl.Y/c;;12*2-1-3;;;;;;/h;;12*(H,2,3);;;;;;/q+1;+2;;;;;;;;;;;;;;;3*+1;/p-12. The van der Waals surface area contributed by atoms with Gasteiger partial charge in [0.05, 0.1) is 0 Å². The molecule has 250 valence electrons. The normalized spacial score (nSPS) is 3.27. The SMILES string of the molecule is O=N[O-].O=N[O-].O=N[O-].O=N[O-].O=N[O-].O=N[O-].O=N[O-].O=N[O-].O=N[O-].O=N[O-].O=N[O-].O=N[O-].[Cu+2].[Cu+].[Tl+].[Tl+].[Tl+].[Tl].[Tl].[Y]. The van der Waals surface area contributed by atoms with Crippen molar-refractivity contribution in [3.05, 3.63) is 121 Å². The molecule has 0 saturated heterocycles. The van der Waals surface area contributed by atoms with Gasteiger partial charge in [-0.05, 0) is 0 Å². The van der Waals surface area contributed by atoms with Gasteiger partial charge >= 0.3 is 116 Å². The van der Waals surface area contributed by atoms with Crippen LogP contribution in [0, 0.1) is 121 Å². The molecule has 0 aromatic rings. The molecule has 0 aliphatic carbocycles. The van der Waals surface area contributed by atoms with Crippen LogP contribution in [0.1, 0.15) is 0 Å². The van der Waals surface area contributed by atoms with Crippen LogP contribution in [-0.4, -0.2) is 136 Å². The molecule has 0 rings (SSSR count). The summed E-state index contributed by atoms with van der Waals surface area (Å²) in [5, 5.41) is 108. The molecular weight excluding hydrogens is 1790 g/mol. The van der Waals surface area contributed by atoms with Crippen molar-refractivity contribution in [3.8, 4) is 0 Å². The maximum atomic E-state index is 8.00. The third-order valence-corrected chi connectivity index (χ3v) is 0. The quantitative estimate of drug-likeness (QED) is 0.186. The first-order valence-electron chi connectivity index (χ1n) is 4.38. The van der Waals surface area contributed by atoms with Crippen molar-refractivity contribution < 1.29 is 66.8 Å². The van der Waals surface area contributed by atoms with Gasteiger partial charge in [0, 0.05) is 87.3 Å². The molecule has 0 N–H and O–H groups in total. The Morgan fingerprint density at radius 2 is 0.250 bits per heavy atom. The van der Waals surface area contributed by atoms with Crippen molar-refractivity contribution >= 4 is 136 Å². The van der Waals surface area contributed by atoms with E-state index in [1.54, 1.807) is 0 Å². The van der Waals surface area contributed by atoms with Gasteiger partial charge < -0.3 is 121 Å². The summed E-state index contributed by atoms with van der Waals surface area (Å²) in [7, 11) is 0. The van der Waals surface area contributed by atoms with Crippen molar-refractivity contribution in [2.45, 2.75) is 0 Å². The van der Waals surface area contributed by atoms with Gasteiger partial charge in [0.2, 0.25) is 0 Å². The first-order valence-corrected chi connectivity index (χ1v) is 4.38. The maximum absolute atomic E-state index is 8.00. The smallest absolute Gasteiger partial charge is 0.444 e. The van der Waals surface area contributed by atoms with E-state index in [4.69, 9.17) is 121 Å². The van der Waals surface area contributed by atoms with E-state index in [1.165, 1.54) is 0 Å². The molecule has 0 aliphatic heterocycles. The van der Waals surface area contributed by atoms with Crippen LogP contribution in [0.3, 0.4) is 0 Å². The minimum absolute atomic E-state index is 0. The monoisotopic (exact) mass is 1790 g/mol. The fourth-order valence-corrected chi connectivity index (χ4v) is 0. The topological polar surface area (TPSA) is 630 Å². The van der Waals surface area contributed by atoms with Crippen LogP contribution in [0.4, 0.5) is 0 Å². The average Bonchev–Trinajstić information content (AvgIpc) is 2.75. The van der Waals surface area contributed by atoms with Gasteiger partial charge in [-0.15, -0.1) is 64.1 Å². The summed E-state index contributed by atoms with van der Waals surface area (Å²) in [5.41, 5.74) is 0. The molecule has 0 atom stereocenters. The Bertz CT molecular complexity index is 293. The van der Waals surface area contributed by atoms with E-state index in [2.05, 4.69) is 0 Å². The minimum Gasteiger partial charge on any atom is -0.444 e. The number of rotatable bonds is 0. The van der Waals surface area contributed by atoms with Gasteiger partial charge in [-0.1, -0.05) is 0 Å². The summed E-state index contributed by atoms with van der Waals surface area (Å²) in [6, 6.07) is 0. The van der Waals surface area contributed by atoms with Gasteiger partial charge in [-0.2, -0.15) is 0 Å². The van der Waals surface area contributed by atoms with Crippen molar-refractivity contribution in [3.63, 3.8) is 0 Å². The molecule has 0 aromatic carbocycles. The van der Waals surface area contributed by atoms with Gasteiger partial charge in [0.25, 0.3) is 0 Å². The molecule has 0 spiro atoms. The third kappa shape index (κ3) is 342000. The van der Waals surface area contributed by atoms with Crippen LogP contribution in [0.15, 0.2) is 64.1 Å². The van der Waals surface area contributed by atoms with E-state index >= 15 is 0 Å². The predicted molar refractivity (Wildman–Crippen MR) is 139 cm³/mol. The van der Waals surface area contributed by atoms with E-state index in [9.17, 15) is 0 Å². The van der Waals surface area contributed by atoms with Crippen molar-refractivity contribution in [1.82, 2.24) is 0 Å². The zero-order valence-electron chi connectivity index (χ0n) is 19.2. The zero-order valence-corrected chi connectivity index (χ0v) is 46.4. The Kier molecular flexibility index (Phi) is 1780. The zero-order chi connectivity index (χ0) is 32.5. The summed E-state index contributed by atoms with van der Waals surface area (Å²) in [5.74, 6) is 0. The molecule has 4 radical (unpaired) electrons. The second-order valence-electron chi connectivity index (χ2n) is 0.894. The molecule has 0 unspecified atom stereocenters. The van der Waals surface area contributed by atoms with E-state index in [0.717, 1.165) is 64.1 Å². The fraction of sp³-hybridized carbons (Fsp3) is 0. The predicted octanol–water partition coefficient (Wildman–Crippen LogP) is 1.10. The molecule has 44 heavy (non-hydrogen) atoms. The Hall–Kier alpha value is -0.447.